The molecule has 3 N–H and O–H groups in total. The van der Waals surface area contributed by atoms with Gasteiger partial charge in [0.1, 0.15) is 11.5 Å². The van der Waals surface area contributed by atoms with Gasteiger partial charge in [-0.15, -0.1) is 0 Å². The molecule has 2 aromatic carbocycles. The predicted octanol–water partition coefficient (Wildman–Crippen LogP) is 2.86. The van der Waals surface area contributed by atoms with Crippen molar-refractivity contribution in [3.63, 3.8) is 0 Å². The molecule has 20 heavy (non-hydrogen) atoms. The van der Waals surface area contributed by atoms with E-state index in [-0.39, 0.29) is 6.04 Å². The third-order valence-corrected chi connectivity index (χ3v) is 4.07. The maximum absolute atomic E-state index is 5.75. The summed E-state index contributed by atoms with van der Waals surface area (Å²) in [6, 6.07) is 13.7. The summed E-state index contributed by atoms with van der Waals surface area (Å²) in [5.74, 6) is 7.24. The molecule has 0 saturated heterocycles. The third-order valence-electron chi connectivity index (χ3n) is 3.09. The first-order valence-electron chi connectivity index (χ1n) is 6.13. The quantitative estimate of drug-likeness (QED) is 0.473. The highest BCUT2D eigenvalue weighted by molar-refractivity contribution is 14.1. The fourth-order valence-electron chi connectivity index (χ4n) is 2.07. The summed E-state index contributed by atoms with van der Waals surface area (Å²) in [6.07, 6.45) is 0. The van der Waals surface area contributed by atoms with Gasteiger partial charge in [-0.05, 0) is 51.9 Å². The summed E-state index contributed by atoms with van der Waals surface area (Å²) in [5.41, 5.74) is 4.97. The molecule has 2 rings (SSSR count). The van der Waals surface area contributed by atoms with E-state index in [1.54, 1.807) is 14.2 Å². The Morgan fingerprint density at radius 2 is 1.65 bits per heavy atom. The molecule has 1 atom stereocenters. The Bertz CT molecular complexity index is 568. The van der Waals surface area contributed by atoms with Crippen molar-refractivity contribution in [1.29, 1.82) is 0 Å². The molecular weight excluding hydrogens is 367 g/mol. The molecule has 5 heteroatoms. The molecule has 0 amide bonds. The van der Waals surface area contributed by atoms with Crippen molar-refractivity contribution in [3.05, 3.63) is 57.2 Å². The van der Waals surface area contributed by atoms with Crippen LogP contribution in [-0.2, 0) is 0 Å². The first kappa shape index (κ1) is 15.1. The number of ether oxygens (including phenoxy) is 2. The number of halogens is 1. The van der Waals surface area contributed by atoms with Crippen LogP contribution in [0.5, 0.6) is 11.5 Å². The first-order valence-corrected chi connectivity index (χ1v) is 7.21. The van der Waals surface area contributed by atoms with E-state index in [4.69, 9.17) is 15.3 Å². The van der Waals surface area contributed by atoms with Gasteiger partial charge in [0.05, 0.1) is 20.3 Å². The van der Waals surface area contributed by atoms with Crippen LogP contribution in [0, 0.1) is 3.57 Å². The van der Waals surface area contributed by atoms with Crippen molar-refractivity contribution in [2.75, 3.05) is 14.2 Å². The number of benzene rings is 2. The van der Waals surface area contributed by atoms with E-state index in [1.165, 1.54) is 0 Å². The maximum atomic E-state index is 5.75. The lowest BCUT2D eigenvalue weighted by molar-refractivity contribution is 0.392. The van der Waals surface area contributed by atoms with Crippen molar-refractivity contribution in [2.45, 2.75) is 6.04 Å². The summed E-state index contributed by atoms with van der Waals surface area (Å²) >= 11 is 2.30. The van der Waals surface area contributed by atoms with Crippen LogP contribution < -0.4 is 20.7 Å². The van der Waals surface area contributed by atoms with Gasteiger partial charge in [-0.3, -0.25) is 5.84 Å². The van der Waals surface area contributed by atoms with Gasteiger partial charge in [-0.1, -0.05) is 18.2 Å². The topological polar surface area (TPSA) is 56.5 Å². The SMILES string of the molecule is COc1cc(OC)cc(C(NN)c2ccccc2I)c1. The molecule has 0 aromatic heterocycles. The standard InChI is InChI=1S/C15H17IN2O2/c1-19-11-7-10(8-12(9-11)20-2)15(18-17)13-5-3-4-6-14(13)16/h3-9,15,18H,17H2,1-2H3. The fourth-order valence-corrected chi connectivity index (χ4v) is 2.77. The molecule has 1 unspecified atom stereocenters. The van der Waals surface area contributed by atoms with Crippen LogP contribution in [0.1, 0.15) is 17.2 Å². The lowest BCUT2D eigenvalue weighted by Crippen LogP contribution is -2.29. The highest BCUT2D eigenvalue weighted by atomic mass is 127. The van der Waals surface area contributed by atoms with Crippen LogP contribution in [0.15, 0.2) is 42.5 Å². The van der Waals surface area contributed by atoms with Gasteiger partial charge in [0.15, 0.2) is 0 Å². The second-order valence-corrected chi connectivity index (χ2v) is 5.43. The zero-order valence-electron chi connectivity index (χ0n) is 11.4. The minimum Gasteiger partial charge on any atom is -0.497 e. The Balaban J connectivity index is 2.49. The number of methoxy groups -OCH3 is 2. The Labute approximate surface area is 132 Å². The summed E-state index contributed by atoms with van der Waals surface area (Å²) in [6.45, 7) is 0. The first-order chi connectivity index (χ1) is 9.69. The van der Waals surface area contributed by atoms with E-state index in [1.807, 2.05) is 30.3 Å². The van der Waals surface area contributed by atoms with Crippen molar-refractivity contribution in [2.24, 2.45) is 5.84 Å². The predicted molar refractivity (Wildman–Crippen MR) is 87.9 cm³/mol. The van der Waals surface area contributed by atoms with Crippen molar-refractivity contribution < 1.29 is 9.47 Å². The van der Waals surface area contributed by atoms with E-state index >= 15 is 0 Å². The second kappa shape index (κ2) is 6.92. The van der Waals surface area contributed by atoms with Crippen LogP contribution in [0.25, 0.3) is 0 Å². The molecule has 4 nitrogen and oxygen atoms in total. The van der Waals surface area contributed by atoms with Crippen molar-refractivity contribution >= 4 is 22.6 Å². The minimum absolute atomic E-state index is 0.118. The van der Waals surface area contributed by atoms with E-state index < -0.39 is 0 Å². The average molecular weight is 384 g/mol. The van der Waals surface area contributed by atoms with E-state index in [9.17, 15) is 0 Å². The largest absolute Gasteiger partial charge is 0.497 e. The van der Waals surface area contributed by atoms with E-state index in [0.29, 0.717) is 0 Å². The van der Waals surface area contributed by atoms with Gasteiger partial charge in [0.2, 0.25) is 0 Å². The van der Waals surface area contributed by atoms with Crippen LogP contribution >= 0.6 is 22.6 Å². The third kappa shape index (κ3) is 3.23. The molecule has 0 aliphatic heterocycles. The van der Waals surface area contributed by atoms with Crippen LogP contribution in [-0.4, -0.2) is 14.2 Å². The summed E-state index contributed by atoms with van der Waals surface area (Å²) in [7, 11) is 3.27. The second-order valence-electron chi connectivity index (χ2n) is 4.27. The molecule has 0 radical (unpaired) electrons. The van der Waals surface area contributed by atoms with Gasteiger partial charge in [-0.2, -0.15) is 0 Å². The molecule has 2 aromatic rings. The Hall–Kier alpha value is -1.31. The highest BCUT2D eigenvalue weighted by Gasteiger charge is 2.17. The van der Waals surface area contributed by atoms with Crippen molar-refractivity contribution in [1.82, 2.24) is 5.43 Å². The molecule has 106 valence electrons. The monoisotopic (exact) mass is 384 g/mol. The fraction of sp³-hybridized carbons (Fsp3) is 0.200. The molecule has 0 saturated carbocycles. The van der Waals surface area contributed by atoms with Gasteiger partial charge in [0.25, 0.3) is 0 Å². The zero-order chi connectivity index (χ0) is 14.5. The number of nitrogens with two attached hydrogens (primary N) is 1. The molecule has 0 aliphatic carbocycles. The van der Waals surface area contributed by atoms with Gasteiger partial charge in [-0.25, -0.2) is 5.43 Å². The minimum atomic E-state index is -0.118. The van der Waals surface area contributed by atoms with Gasteiger partial charge < -0.3 is 9.47 Å². The highest BCUT2D eigenvalue weighted by Crippen LogP contribution is 2.31. The lowest BCUT2D eigenvalue weighted by Gasteiger charge is -2.19. The lowest BCUT2D eigenvalue weighted by atomic mass is 9.99. The van der Waals surface area contributed by atoms with E-state index in [2.05, 4.69) is 40.1 Å². The van der Waals surface area contributed by atoms with Crippen molar-refractivity contribution in [3.8, 4) is 11.5 Å². The number of hydrogen-bond donors (Lipinski definition) is 2. The number of hydrazine groups is 1. The summed E-state index contributed by atoms with van der Waals surface area (Å²) in [5, 5.41) is 0. The maximum Gasteiger partial charge on any atom is 0.122 e. The average Bonchev–Trinajstić information content (AvgIpc) is 2.49. The summed E-state index contributed by atoms with van der Waals surface area (Å²) < 4.78 is 11.8. The number of nitrogens with one attached hydrogen (secondary N) is 1. The molecule has 0 bridgehead atoms. The molecule has 0 fully saturated rings. The van der Waals surface area contributed by atoms with E-state index in [0.717, 1.165) is 26.2 Å². The van der Waals surface area contributed by atoms with Gasteiger partial charge >= 0.3 is 0 Å². The Kier molecular flexibility index (Phi) is 5.22. The van der Waals surface area contributed by atoms with Crippen LogP contribution in [0.2, 0.25) is 0 Å². The smallest absolute Gasteiger partial charge is 0.122 e. The molecule has 0 heterocycles. The Morgan fingerprint density at radius 1 is 1.05 bits per heavy atom. The Morgan fingerprint density at radius 3 is 2.15 bits per heavy atom. The molecule has 0 aliphatic rings. The number of hydrogen-bond acceptors (Lipinski definition) is 4. The summed E-state index contributed by atoms with van der Waals surface area (Å²) in [4.78, 5) is 0. The molecular formula is C15H17IN2O2. The number of rotatable bonds is 5. The van der Waals surface area contributed by atoms with Crippen LogP contribution in [0.4, 0.5) is 0 Å². The van der Waals surface area contributed by atoms with Gasteiger partial charge in [0, 0.05) is 9.64 Å². The molecule has 0 spiro atoms. The van der Waals surface area contributed by atoms with Crippen LogP contribution in [0.3, 0.4) is 0 Å². The normalized spacial score (nSPS) is 12.0. The zero-order valence-corrected chi connectivity index (χ0v) is 13.5.